The number of nitrogens with zero attached hydrogens (tertiary/aromatic N) is 2. The lowest BCUT2D eigenvalue weighted by atomic mass is 10.0. The lowest BCUT2D eigenvalue weighted by molar-refractivity contribution is -0.132. The number of methoxy groups -OCH3 is 1. The summed E-state index contributed by atoms with van der Waals surface area (Å²) in [5.74, 6) is 1.11. The van der Waals surface area contributed by atoms with E-state index in [9.17, 15) is 4.79 Å². The molecule has 5 nitrogen and oxygen atoms in total. The minimum atomic E-state index is 0. The van der Waals surface area contributed by atoms with Gasteiger partial charge in [0.15, 0.2) is 0 Å². The first kappa shape index (κ1) is 19.7. The average molecular weight is 342 g/mol. The number of benzene rings is 1. The first-order valence-corrected chi connectivity index (χ1v) is 7.97. The number of hydrogen-bond donors (Lipinski definition) is 1. The molecule has 1 aromatic rings. The molecule has 130 valence electrons. The van der Waals surface area contributed by atoms with Gasteiger partial charge in [0.25, 0.3) is 0 Å². The Morgan fingerprint density at radius 1 is 1.30 bits per heavy atom. The Hall–Kier alpha value is -1.30. The number of carbonyl (C=O) groups is 1. The quantitative estimate of drug-likeness (QED) is 0.852. The third-order valence-electron chi connectivity index (χ3n) is 4.11. The number of piperazine rings is 1. The number of likely N-dealkylation sites (N-methyl/N-ethyl adjacent to an activating group) is 1. The molecule has 0 radical (unpaired) electrons. The minimum absolute atomic E-state index is 0. The van der Waals surface area contributed by atoms with Crippen molar-refractivity contribution in [3.63, 3.8) is 0 Å². The van der Waals surface area contributed by atoms with Crippen molar-refractivity contribution >= 4 is 18.3 Å². The third-order valence-corrected chi connectivity index (χ3v) is 4.11. The molecule has 1 N–H and O–H groups in total. The zero-order valence-corrected chi connectivity index (χ0v) is 15.1. The van der Waals surface area contributed by atoms with Crippen LogP contribution in [-0.2, 0) is 17.8 Å². The number of carbonyl (C=O) groups excluding carboxylic acids is 1. The first-order valence-electron chi connectivity index (χ1n) is 7.97. The molecular weight excluding hydrogens is 314 g/mol. The molecule has 0 aromatic heterocycles. The van der Waals surface area contributed by atoms with Gasteiger partial charge in [-0.25, -0.2) is 0 Å². The molecule has 0 saturated carbocycles. The van der Waals surface area contributed by atoms with Crippen LogP contribution in [0, 0.1) is 0 Å². The standard InChI is InChI=1S/C17H27N3O2.ClH/c1-4-14-11-16(22-3)6-5-15(14)12-19(2)13-17(21)20-9-7-18-8-10-20;/h5-6,11,18H,4,7-10,12-13H2,1-3H3;1H. The summed E-state index contributed by atoms with van der Waals surface area (Å²) in [6.45, 7) is 6.82. The predicted octanol–water partition coefficient (Wildman–Crippen LogP) is 1.54. The van der Waals surface area contributed by atoms with Crippen molar-refractivity contribution in [3.05, 3.63) is 29.3 Å². The van der Waals surface area contributed by atoms with Gasteiger partial charge in [0.05, 0.1) is 13.7 Å². The summed E-state index contributed by atoms with van der Waals surface area (Å²) in [4.78, 5) is 16.3. The van der Waals surface area contributed by atoms with Gasteiger partial charge >= 0.3 is 0 Å². The van der Waals surface area contributed by atoms with Crippen molar-refractivity contribution in [1.29, 1.82) is 0 Å². The Kier molecular flexibility index (Phi) is 8.37. The van der Waals surface area contributed by atoms with Crippen LogP contribution >= 0.6 is 12.4 Å². The second-order valence-electron chi connectivity index (χ2n) is 5.79. The van der Waals surface area contributed by atoms with E-state index >= 15 is 0 Å². The highest BCUT2D eigenvalue weighted by Gasteiger charge is 2.18. The molecule has 1 aliphatic rings. The van der Waals surface area contributed by atoms with Crippen molar-refractivity contribution < 1.29 is 9.53 Å². The van der Waals surface area contributed by atoms with Crippen LogP contribution in [0.5, 0.6) is 5.75 Å². The molecule has 1 aromatic carbocycles. The van der Waals surface area contributed by atoms with Crippen LogP contribution in [0.3, 0.4) is 0 Å². The summed E-state index contributed by atoms with van der Waals surface area (Å²) < 4.78 is 5.28. The number of rotatable bonds is 6. The molecule has 0 unspecified atom stereocenters. The Balaban J connectivity index is 0.00000264. The maximum Gasteiger partial charge on any atom is 0.236 e. The van der Waals surface area contributed by atoms with Gasteiger partial charge in [-0.3, -0.25) is 9.69 Å². The lowest BCUT2D eigenvalue weighted by Gasteiger charge is -2.29. The van der Waals surface area contributed by atoms with Crippen molar-refractivity contribution in [2.24, 2.45) is 0 Å². The van der Waals surface area contributed by atoms with E-state index < -0.39 is 0 Å². The van der Waals surface area contributed by atoms with Crippen LogP contribution in [0.25, 0.3) is 0 Å². The molecule has 2 rings (SSSR count). The zero-order valence-electron chi connectivity index (χ0n) is 14.3. The maximum atomic E-state index is 12.3. The summed E-state index contributed by atoms with van der Waals surface area (Å²) in [5.41, 5.74) is 2.54. The number of nitrogens with one attached hydrogen (secondary N) is 1. The Morgan fingerprint density at radius 2 is 2.00 bits per heavy atom. The van der Waals surface area contributed by atoms with Gasteiger partial charge in [-0.05, 0) is 36.7 Å². The van der Waals surface area contributed by atoms with Gasteiger partial charge in [-0.15, -0.1) is 12.4 Å². The normalized spacial score (nSPS) is 14.5. The molecule has 1 heterocycles. The molecular formula is C17H28ClN3O2. The monoisotopic (exact) mass is 341 g/mol. The summed E-state index contributed by atoms with van der Waals surface area (Å²) >= 11 is 0. The van der Waals surface area contributed by atoms with Crippen LogP contribution < -0.4 is 10.1 Å². The van der Waals surface area contributed by atoms with Gasteiger partial charge < -0.3 is 15.0 Å². The molecule has 0 aliphatic carbocycles. The fourth-order valence-corrected chi connectivity index (χ4v) is 2.80. The zero-order chi connectivity index (χ0) is 15.9. The fourth-order valence-electron chi connectivity index (χ4n) is 2.80. The van der Waals surface area contributed by atoms with E-state index in [0.717, 1.165) is 44.9 Å². The second-order valence-corrected chi connectivity index (χ2v) is 5.79. The van der Waals surface area contributed by atoms with E-state index in [1.54, 1.807) is 7.11 Å². The molecule has 1 aliphatic heterocycles. The molecule has 0 spiro atoms. The smallest absolute Gasteiger partial charge is 0.236 e. The molecule has 1 amide bonds. The summed E-state index contributed by atoms with van der Waals surface area (Å²) in [7, 11) is 3.69. The molecule has 0 atom stereocenters. The molecule has 1 saturated heterocycles. The van der Waals surface area contributed by atoms with Crippen LogP contribution in [0.15, 0.2) is 18.2 Å². The van der Waals surface area contributed by atoms with E-state index in [4.69, 9.17) is 4.74 Å². The van der Waals surface area contributed by atoms with Gasteiger partial charge in [0, 0.05) is 32.7 Å². The van der Waals surface area contributed by atoms with Gasteiger partial charge in [-0.2, -0.15) is 0 Å². The Labute approximate surface area is 145 Å². The van der Waals surface area contributed by atoms with Gasteiger partial charge in [0.1, 0.15) is 5.75 Å². The molecule has 0 bridgehead atoms. The summed E-state index contributed by atoms with van der Waals surface area (Å²) in [6, 6.07) is 6.17. The Morgan fingerprint density at radius 3 is 2.61 bits per heavy atom. The fraction of sp³-hybridized carbons (Fsp3) is 0.588. The molecule has 6 heteroatoms. The van der Waals surface area contributed by atoms with Crippen molar-refractivity contribution in [2.45, 2.75) is 19.9 Å². The van der Waals surface area contributed by atoms with E-state index in [-0.39, 0.29) is 18.3 Å². The van der Waals surface area contributed by atoms with E-state index in [2.05, 4.69) is 29.3 Å². The van der Waals surface area contributed by atoms with Crippen LogP contribution in [0.2, 0.25) is 0 Å². The number of hydrogen-bond acceptors (Lipinski definition) is 4. The van der Waals surface area contributed by atoms with E-state index in [1.807, 2.05) is 18.0 Å². The summed E-state index contributed by atoms with van der Waals surface area (Å²) in [5, 5.41) is 3.27. The van der Waals surface area contributed by atoms with Crippen molar-refractivity contribution in [3.8, 4) is 5.75 Å². The van der Waals surface area contributed by atoms with Crippen LogP contribution in [0.1, 0.15) is 18.1 Å². The largest absolute Gasteiger partial charge is 0.497 e. The maximum absolute atomic E-state index is 12.3. The lowest BCUT2D eigenvalue weighted by Crippen LogP contribution is -2.49. The summed E-state index contributed by atoms with van der Waals surface area (Å²) in [6.07, 6.45) is 0.964. The van der Waals surface area contributed by atoms with Crippen molar-refractivity contribution in [2.75, 3.05) is 46.9 Å². The highest BCUT2D eigenvalue weighted by molar-refractivity contribution is 5.85. The number of ether oxygens (including phenoxy) is 1. The van der Waals surface area contributed by atoms with Crippen LogP contribution in [-0.4, -0.2) is 62.6 Å². The van der Waals surface area contributed by atoms with E-state index in [0.29, 0.717) is 6.54 Å². The predicted molar refractivity (Wildman–Crippen MR) is 95.4 cm³/mol. The number of aryl methyl sites for hydroxylation is 1. The van der Waals surface area contributed by atoms with Gasteiger partial charge in [0.2, 0.25) is 5.91 Å². The van der Waals surface area contributed by atoms with Gasteiger partial charge in [-0.1, -0.05) is 13.0 Å². The number of halogens is 1. The minimum Gasteiger partial charge on any atom is -0.497 e. The first-order chi connectivity index (χ1) is 10.6. The second kappa shape index (κ2) is 9.75. The SMILES string of the molecule is CCc1cc(OC)ccc1CN(C)CC(=O)N1CCNCC1.Cl. The van der Waals surface area contributed by atoms with Crippen LogP contribution in [0.4, 0.5) is 0 Å². The molecule has 1 fully saturated rings. The highest BCUT2D eigenvalue weighted by atomic mass is 35.5. The number of amides is 1. The highest BCUT2D eigenvalue weighted by Crippen LogP contribution is 2.19. The molecule has 23 heavy (non-hydrogen) atoms. The van der Waals surface area contributed by atoms with Crippen molar-refractivity contribution in [1.82, 2.24) is 15.1 Å². The third kappa shape index (κ3) is 5.68. The Bertz CT molecular complexity index is 505. The average Bonchev–Trinajstić information content (AvgIpc) is 2.55. The topological polar surface area (TPSA) is 44.8 Å². The van der Waals surface area contributed by atoms with E-state index in [1.165, 1.54) is 11.1 Å².